The molecule has 1 aliphatic heterocycles. The van der Waals surface area contributed by atoms with E-state index in [2.05, 4.69) is 0 Å². The summed E-state index contributed by atoms with van der Waals surface area (Å²) in [4.78, 5) is 85.3. The highest BCUT2D eigenvalue weighted by atomic mass is 19.3. The quantitative estimate of drug-likeness (QED) is 0.0619. The lowest BCUT2D eigenvalue weighted by Crippen LogP contribution is -2.66. The third kappa shape index (κ3) is 17.4. The van der Waals surface area contributed by atoms with Gasteiger partial charge in [0.1, 0.15) is 30.7 Å². The van der Waals surface area contributed by atoms with Gasteiger partial charge in [0.2, 0.25) is 0 Å². The van der Waals surface area contributed by atoms with Crippen LogP contribution in [0.25, 0.3) is 0 Å². The fourth-order valence-electron chi connectivity index (χ4n) is 28.4. The molecule has 24 saturated carbocycles. The van der Waals surface area contributed by atoms with Gasteiger partial charge in [-0.1, -0.05) is 0 Å². The van der Waals surface area contributed by atoms with Crippen molar-refractivity contribution in [1.29, 1.82) is 0 Å². The van der Waals surface area contributed by atoms with E-state index in [-0.39, 0.29) is 73.0 Å². The van der Waals surface area contributed by atoms with E-state index in [1.54, 1.807) is 0 Å². The Labute approximate surface area is 660 Å². The zero-order valence-corrected chi connectivity index (χ0v) is 66.2. The highest BCUT2D eigenvalue weighted by Crippen LogP contribution is 2.68. The van der Waals surface area contributed by atoms with Crippen molar-refractivity contribution in [2.45, 2.75) is 311 Å². The third-order valence-electron chi connectivity index (χ3n) is 31.0. The van der Waals surface area contributed by atoms with Gasteiger partial charge in [0, 0.05) is 58.3 Å². The fourth-order valence-corrected chi connectivity index (χ4v) is 28.4. The molecule has 0 amide bonds. The van der Waals surface area contributed by atoms with Crippen LogP contribution >= 0.6 is 0 Å². The van der Waals surface area contributed by atoms with Crippen LogP contribution in [-0.2, 0) is 76.2 Å². The van der Waals surface area contributed by atoms with E-state index >= 15 is 0 Å². The summed E-state index contributed by atoms with van der Waals surface area (Å²) in [6.07, 6.45) is 25.3. The van der Waals surface area contributed by atoms with Crippen LogP contribution in [0.1, 0.15) is 240 Å². The second-order valence-corrected chi connectivity index (χ2v) is 41.3. The molecule has 0 aromatic carbocycles. The molecule has 1 spiro atoms. The molecule has 8 atom stereocenters. The number of aliphatic hydroxyl groups is 1. The summed E-state index contributed by atoms with van der Waals surface area (Å²) < 4.78 is 232. The Kier molecular flexibility index (Phi) is 22.2. The first-order valence-electron chi connectivity index (χ1n) is 42.3. The fraction of sp³-hybridized carbons (Fsp3) is 0.917. The normalized spacial score (nSPS) is 43.7. The third-order valence-corrected chi connectivity index (χ3v) is 31.0. The van der Waals surface area contributed by atoms with Crippen LogP contribution in [0, 0.1) is 128 Å². The molecular weight excluding hydrogens is 1550 g/mol. The Morgan fingerprint density at radius 3 is 1.17 bits per heavy atom. The van der Waals surface area contributed by atoms with Crippen LogP contribution in [0.5, 0.6) is 0 Å². The zero-order chi connectivity index (χ0) is 82.8. The van der Waals surface area contributed by atoms with E-state index in [1.165, 1.54) is 51.4 Å². The van der Waals surface area contributed by atoms with Crippen LogP contribution in [0.3, 0.4) is 0 Å². The largest absolute Gasteiger partial charge is 0.459 e. The van der Waals surface area contributed by atoms with Gasteiger partial charge in [0.15, 0.2) is 32.4 Å². The molecule has 1 N–H and O–H groups in total. The SMILES string of the molecule is CC(F)(F)C(=O)OC12CC3CC(C1)C1(OCC(F)(F)C(F)(F)CO1)C(C3)C2.CC(F)(F)C(=O)OC1C2CC3CC1CC(C(=O)OCOC1C4CC5CC(C4)CC1C5)(C3)C2.CC(F)(F)COC(=O)C12CC3CC(C1)C(=O)C(C3)C2.CC(F)(F)COC(=O)C12CC3CC(CC(C3)C1)C2.CC(F)(F)COC(=O)C12CC3CC(CC(O)(C3)C1)C2. The smallest absolute Gasteiger partial charge is 0.377 e. The maximum atomic E-state index is 13.7. The number of alkyl halides is 14. The first-order valence-corrected chi connectivity index (χ1v) is 42.3. The van der Waals surface area contributed by atoms with Crippen LogP contribution < -0.4 is 0 Å². The van der Waals surface area contributed by atoms with E-state index in [9.17, 15) is 100 Å². The average Bonchev–Trinajstić information content (AvgIpc) is 1.68. The van der Waals surface area contributed by atoms with Crippen molar-refractivity contribution in [3.63, 3.8) is 0 Å². The Morgan fingerprint density at radius 2 is 0.748 bits per heavy atom. The van der Waals surface area contributed by atoms with Gasteiger partial charge in [0.25, 0.3) is 17.8 Å². The van der Waals surface area contributed by atoms with E-state index in [4.69, 9.17) is 42.6 Å². The van der Waals surface area contributed by atoms with Gasteiger partial charge in [-0.2, -0.15) is 35.1 Å². The van der Waals surface area contributed by atoms with Crippen molar-refractivity contribution in [3.8, 4) is 0 Å². The van der Waals surface area contributed by atoms with Gasteiger partial charge in [-0.3, -0.25) is 24.0 Å². The van der Waals surface area contributed by atoms with E-state index in [0.29, 0.717) is 138 Å². The molecule has 17 nitrogen and oxygen atoms in total. The molecule has 31 heteroatoms. The second kappa shape index (κ2) is 29.9. The Bertz CT molecular complexity index is 3540. The Hall–Kier alpha value is -4.65. The lowest BCUT2D eigenvalue weighted by atomic mass is 9.48. The topological polar surface area (TPSA) is 223 Å². The first kappa shape index (κ1) is 85.3. The molecule has 25 aliphatic rings. The lowest BCUT2D eigenvalue weighted by molar-refractivity contribution is -0.355. The van der Waals surface area contributed by atoms with Crippen molar-refractivity contribution in [2.75, 3.05) is 39.8 Å². The molecule has 648 valence electrons. The van der Waals surface area contributed by atoms with Gasteiger partial charge >= 0.3 is 59.5 Å². The first-order chi connectivity index (χ1) is 53.3. The van der Waals surface area contributed by atoms with Crippen molar-refractivity contribution < 1.29 is 143 Å². The minimum atomic E-state index is -4.36. The van der Waals surface area contributed by atoms with E-state index in [0.717, 1.165) is 103 Å². The van der Waals surface area contributed by atoms with Gasteiger partial charge in [-0.25, -0.2) is 35.9 Å². The Balaban J connectivity index is 0.000000115. The van der Waals surface area contributed by atoms with Gasteiger partial charge < -0.3 is 47.7 Å². The molecule has 24 aliphatic carbocycles. The van der Waals surface area contributed by atoms with Crippen molar-refractivity contribution in [1.82, 2.24) is 0 Å². The highest BCUT2D eigenvalue weighted by molar-refractivity contribution is 5.90. The molecule has 1 heterocycles. The molecule has 1 saturated heterocycles. The van der Waals surface area contributed by atoms with E-state index in [1.807, 2.05) is 0 Å². The number of esters is 6. The molecular formula is C84H112F14O17. The van der Waals surface area contributed by atoms with Crippen LogP contribution in [0.15, 0.2) is 0 Å². The van der Waals surface area contributed by atoms with Gasteiger partial charge in [-0.05, 0) is 288 Å². The molecule has 24 bridgehead atoms. The number of Topliss-reactive ketones (excluding diaryl/α,β-unsaturated/α-hetero) is 1. The number of ether oxygens (including phenoxy) is 9. The van der Waals surface area contributed by atoms with Gasteiger partial charge in [-0.15, -0.1) is 0 Å². The van der Waals surface area contributed by atoms with Crippen molar-refractivity contribution >= 4 is 41.6 Å². The summed E-state index contributed by atoms with van der Waals surface area (Å²) in [5.74, 6) is -25.7. The number of rotatable bonds is 17. The van der Waals surface area contributed by atoms with Crippen molar-refractivity contribution in [2.24, 2.45) is 128 Å². The molecule has 25 rings (SSSR count). The summed E-state index contributed by atoms with van der Waals surface area (Å²) in [6.45, 7) is -2.12. The number of ketones is 1. The zero-order valence-electron chi connectivity index (χ0n) is 66.2. The summed E-state index contributed by atoms with van der Waals surface area (Å²) in [6, 6.07) is 0. The molecule has 0 aromatic heterocycles. The number of carbonyl (C=O) groups excluding carboxylic acids is 7. The summed E-state index contributed by atoms with van der Waals surface area (Å²) in [5, 5.41) is 10.5. The number of halogens is 14. The van der Waals surface area contributed by atoms with Crippen LogP contribution in [0.4, 0.5) is 61.5 Å². The van der Waals surface area contributed by atoms with Gasteiger partial charge in [0.05, 0.1) is 33.4 Å². The summed E-state index contributed by atoms with van der Waals surface area (Å²) >= 11 is 0. The van der Waals surface area contributed by atoms with Crippen LogP contribution in [0.2, 0.25) is 0 Å². The molecule has 115 heavy (non-hydrogen) atoms. The standard InChI is InChI=1S/C25H34F2O5.C17H20F6O4.C14H20F2O3.C14H18F2O3.C14H20F2O2/c1-24(26,27)22(28)32-21-18-7-15-8-19(21)11-25(9-15,10-18)23(29)31-12-30-20-16-3-13-2-14(5-16)6-17(20)4-13;1-13(18,19)12(24)27-14-4-9-2-10(5-14)17(11(3-9)6-14)25-7-15(20,21)16(22,23)8-26-17;1-12(15,16)8-19-11(17)13-3-9-2-10(4-13)6-14(18,5-9)7-13;1-13(15,16)7-19-12(18)14-4-8-2-9(5-14)11(17)10(3-8)6-14;1-13(15,16)8-18-12(17)14-5-9-2-10(6-14)4-11(3-9)7-14/h13-21H,2-12H2,1H3;9-11H,2-8H2,1H3;9-10,18H,2-8H2,1H3;8-10H,2-7H2,1H3;9-11H,2-8H2,1H3. The maximum Gasteiger partial charge on any atom is 0.377 e. The lowest BCUT2D eigenvalue weighted by Gasteiger charge is -2.63. The van der Waals surface area contributed by atoms with Crippen molar-refractivity contribution in [3.05, 3.63) is 0 Å². The minimum absolute atomic E-state index is 0.0166. The number of carbonyl (C=O) groups is 7. The second-order valence-electron chi connectivity index (χ2n) is 41.3. The molecule has 0 radical (unpaired) electrons. The molecule has 8 unspecified atom stereocenters. The number of hydrogen-bond donors (Lipinski definition) is 1. The highest BCUT2D eigenvalue weighted by Gasteiger charge is 2.72. The van der Waals surface area contributed by atoms with Crippen LogP contribution in [-0.4, -0.2) is 157 Å². The summed E-state index contributed by atoms with van der Waals surface area (Å²) in [5.41, 5.74) is -4.26. The minimum Gasteiger partial charge on any atom is -0.459 e. The Morgan fingerprint density at radius 1 is 0.391 bits per heavy atom. The molecule has 25 fully saturated rings. The van der Waals surface area contributed by atoms with E-state index < -0.39 is 155 Å². The predicted molar refractivity (Wildman–Crippen MR) is 375 cm³/mol. The average molecular weight is 1660 g/mol. The number of hydrogen-bond acceptors (Lipinski definition) is 17. The maximum absolute atomic E-state index is 13.7. The predicted octanol–water partition coefficient (Wildman–Crippen LogP) is 17.0. The monoisotopic (exact) mass is 1660 g/mol. The molecule has 0 aromatic rings. The summed E-state index contributed by atoms with van der Waals surface area (Å²) in [7, 11) is 0.